The lowest BCUT2D eigenvalue weighted by molar-refractivity contribution is -0.119. The Morgan fingerprint density at radius 2 is 1.06 bits per heavy atom. The van der Waals surface area contributed by atoms with Gasteiger partial charge in [0.05, 0.1) is 12.3 Å². The van der Waals surface area contributed by atoms with Crippen LogP contribution in [0.3, 0.4) is 0 Å². The monoisotopic (exact) mass is 679 g/mol. The number of carbonyl (C=O) groups is 3. The number of aryl methyl sites for hydroxylation is 1. The normalized spacial score (nSPS) is 12.9. The van der Waals surface area contributed by atoms with Gasteiger partial charge in [-0.2, -0.15) is 0 Å². The molecule has 0 spiro atoms. The number of carbonyl (C=O) groups excluding carboxylic acids is 3. The van der Waals surface area contributed by atoms with E-state index in [-0.39, 0.29) is 23.4 Å². The van der Waals surface area contributed by atoms with Gasteiger partial charge in [0, 0.05) is 24.3 Å². The molecule has 1 aliphatic heterocycles. The molecule has 3 aromatic rings. The second-order valence-electron chi connectivity index (χ2n) is 13.4. The van der Waals surface area contributed by atoms with Crippen molar-refractivity contribution in [2.45, 2.75) is 116 Å². The highest BCUT2D eigenvalue weighted by atomic mass is 19.1. The molecule has 4 rings (SSSR count). The van der Waals surface area contributed by atoms with Crippen molar-refractivity contribution in [1.29, 1.82) is 0 Å². The second-order valence-corrected chi connectivity index (χ2v) is 13.4. The molecule has 0 saturated heterocycles. The molecule has 0 unspecified atom stereocenters. The van der Waals surface area contributed by atoms with Crippen molar-refractivity contribution in [3.63, 3.8) is 0 Å². The average molecular weight is 680 g/mol. The molecule has 5 nitrogen and oxygen atoms in total. The molecule has 1 heterocycles. The van der Waals surface area contributed by atoms with E-state index in [1.807, 2.05) is 18.2 Å². The Labute approximate surface area is 298 Å². The van der Waals surface area contributed by atoms with E-state index < -0.39 is 0 Å². The van der Waals surface area contributed by atoms with E-state index in [1.54, 1.807) is 18.2 Å². The van der Waals surface area contributed by atoms with Crippen LogP contribution < -0.4 is 4.90 Å². The maximum Gasteiger partial charge on any atom is 0.258 e. The van der Waals surface area contributed by atoms with Crippen LogP contribution in [-0.2, 0) is 27.4 Å². The molecule has 266 valence electrons. The van der Waals surface area contributed by atoms with Gasteiger partial charge in [0.15, 0.2) is 5.78 Å². The van der Waals surface area contributed by atoms with Crippen LogP contribution in [0.2, 0.25) is 0 Å². The molecular formula is C44H54FNO4. The van der Waals surface area contributed by atoms with Gasteiger partial charge in [-0.05, 0) is 78.4 Å². The first-order chi connectivity index (χ1) is 24.5. The fraction of sp³-hybridized carbons (Fsp3) is 0.432. The van der Waals surface area contributed by atoms with Crippen molar-refractivity contribution in [2.24, 2.45) is 0 Å². The summed E-state index contributed by atoms with van der Waals surface area (Å²) in [6, 6.07) is 21.5. The molecular weight excluding hydrogens is 625 g/mol. The first-order valence-corrected chi connectivity index (χ1v) is 18.8. The van der Waals surface area contributed by atoms with Crippen molar-refractivity contribution >= 4 is 29.4 Å². The van der Waals surface area contributed by atoms with Gasteiger partial charge in [0.2, 0.25) is 0 Å². The number of halogens is 1. The van der Waals surface area contributed by atoms with Gasteiger partial charge in [-0.3, -0.25) is 14.4 Å². The predicted molar refractivity (Wildman–Crippen MR) is 202 cm³/mol. The summed E-state index contributed by atoms with van der Waals surface area (Å²) in [5.74, 6) is -1.05. The number of imide groups is 1. The van der Waals surface area contributed by atoms with Crippen molar-refractivity contribution in [2.75, 3.05) is 11.5 Å². The lowest BCUT2D eigenvalue weighted by Gasteiger charge is -2.14. The fourth-order valence-electron chi connectivity index (χ4n) is 6.27. The van der Waals surface area contributed by atoms with Crippen LogP contribution in [-0.4, -0.2) is 24.2 Å². The van der Waals surface area contributed by atoms with Crippen LogP contribution in [0.1, 0.15) is 130 Å². The fourth-order valence-corrected chi connectivity index (χ4v) is 6.27. The minimum atomic E-state index is -0.339. The number of ether oxygens (including phenoxy) is 1. The van der Waals surface area contributed by atoms with Crippen LogP contribution in [0.25, 0.3) is 6.08 Å². The molecule has 0 fully saturated rings. The Kier molecular flexibility index (Phi) is 17.4. The first-order valence-electron chi connectivity index (χ1n) is 18.8. The van der Waals surface area contributed by atoms with Gasteiger partial charge < -0.3 is 4.74 Å². The van der Waals surface area contributed by atoms with Gasteiger partial charge in [0.1, 0.15) is 5.82 Å². The molecule has 0 aliphatic carbocycles. The molecule has 0 bridgehead atoms. The molecule has 0 aromatic heterocycles. The lowest BCUT2D eigenvalue weighted by atomic mass is 10.0. The summed E-state index contributed by atoms with van der Waals surface area (Å²) in [4.78, 5) is 37.0. The Morgan fingerprint density at radius 1 is 0.580 bits per heavy atom. The summed E-state index contributed by atoms with van der Waals surface area (Å²) in [5.41, 5.74) is 4.46. The van der Waals surface area contributed by atoms with E-state index >= 15 is 0 Å². The molecule has 0 saturated carbocycles. The topological polar surface area (TPSA) is 63.7 Å². The van der Waals surface area contributed by atoms with Crippen molar-refractivity contribution in [1.82, 2.24) is 0 Å². The van der Waals surface area contributed by atoms with Crippen LogP contribution in [0, 0.1) is 5.82 Å². The predicted octanol–water partition coefficient (Wildman–Crippen LogP) is 11.2. The summed E-state index contributed by atoms with van der Waals surface area (Å²) < 4.78 is 18.9. The molecule has 0 atom stereocenters. The van der Waals surface area contributed by atoms with Crippen LogP contribution in [0.4, 0.5) is 10.1 Å². The van der Waals surface area contributed by atoms with E-state index in [2.05, 4.69) is 24.3 Å². The first kappa shape index (κ1) is 38.6. The highest BCUT2D eigenvalue weighted by molar-refractivity contribution is 6.28. The van der Waals surface area contributed by atoms with E-state index in [9.17, 15) is 18.8 Å². The zero-order chi connectivity index (χ0) is 35.2. The number of anilines is 1. The largest absolute Gasteiger partial charge is 0.377 e. The van der Waals surface area contributed by atoms with Gasteiger partial charge in [-0.25, -0.2) is 9.29 Å². The smallest absolute Gasteiger partial charge is 0.258 e. The van der Waals surface area contributed by atoms with Crippen molar-refractivity contribution in [3.05, 3.63) is 119 Å². The number of amides is 2. The molecule has 1 aliphatic rings. The van der Waals surface area contributed by atoms with E-state index in [0.717, 1.165) is 30.6 Å². The van der Waals surface area contributed by atoms with Crippen molar-refractivity contribution in [3.8, 4) is 0 Å². The number of nitrogens with zero attached hydrogens (tertiary/aromatic N) is 1. The van der Waals surface area contributed by atoms with Crippen LogP contribution >= 0.6 is 0 Å². The van der Waals surface area contributed by atoms with E-state index in [1.165, 1.54) is 143 Å². The summed E-state index contributed by atoms with van der Waals surface area (Å²) in [6.45, 7) is 1.31. The summed E-state index contributed by atoms with van der Waals surface area (Å²) in [5, 5.41) is 0. The second kappa shape index (κ2) is 22.5. The molecule has 3 aromatic carbocycles. The maximum absolute atomic E-state index is 13.0. The SMILES string of the molecule is O=C(/C=C/c1ccc(CCCCCCCCCCCCCCCCCCOCc2ccc(N3C(=O)C=CC3=O)cc2)cc1)c1ccc(F)cc1. The van der Waals surface area contributed by atoms with Crippen LogP contribution in [0.5, 0.6) is 0 Å². The maximum atomic E-state index is 13.0. The average Bonchev–Trinajstić information content (AvgIpc) is 3.47. The van der Waals surface area contributed by atoms with Crippen molar-refractivity contribution < 1.29 is 23.5 Å². The van der Waals surface area contributed by atoms with E-state index in [4.69, 9.17) is 4.74 Å². The highest BCUT2D eigenvalue weighted by Crippen LogP contribution is 2.20. The molecule has 6 heteroatoms. The Hall–Kier alpha value is -4.16. The minimum Gasteiger partial charge on any atom is -0.377 e. The summed E-state index contributed by atoms with van der Waals surface area (Å²) >= 11 is 0. The molecule has 50 heavy (non-hydrogen) atoms. The zero-order valence-electron chi connectivity index (χ0n) is 29.6. The number of hydrogen-bond acceptors (Lipinski definition) is 4. The quantitative estimate of drug-likeness (QED) is 0.0387. The third-order valence-corrected chi connectivity index (χ3v) is 9.31. The number of rotatable bonds is 25. The van der Waals surface area contributed by atoms with Gasteiger partial charge >= 0.3 is 0 Å². The Balaban J connectivity index is 0.871. The highest BCUT2D eigenvalue weighted by Gasteiger charge is 2.24. The molecule has 0 N–H and O–H groups in total. The van der Waals surface area contributed by atoms with Gasteiger partial charge in [-0.15, -0.1) is 0 Å². The standard InChI is InChI=1S/C44H54FNO4/c45-40-27-25-39(26-28-40)42(47)31-24-37-20-18-36(19-21-37)17-15-13-11-9-7-5-3-1-2-4-6-8-10-12-14-16-34-50-35-38-22-29-41(30-23-38)46-43(48)32-33-44(46)49/h18-33H,1-17,34-35H2/b31-24+. The van der Waals surface area contributed by atoms with Gasteiger partial charge in [-0.1, -0.05) is 132 Å². The lowest BCUT2D eigenvalue weighted by Crippen LogP contribution is -2.29. The van der Waals surface area contributed by atoms with E-state index in [0.29, 0.717) is 17.9 Å². The number of benzene rings is 3. The third kappa shape index (κ3) is 14.4. The number of ketones is 1. The zero-order valence-corrected chi connectivity index (χ0v) is 29.6. The van der Waals surface area contributed by atoms with Gasteiger partial charge in [0.25, 0.3) is 11.8 Å². The Bertz CT molecular complexity index is 1490. The summed E-state index contributed by atoms with van der Waals surface area (Å²) in [6.07, 6.45) is 28.0. The number of unbranched alkanes of at least 4 members (excludes halogenated alkanes) is 15. The molecule has 0 radical (unpaired) electrons. The van der Waals surface area contributed by atoms with Crippen LogP contribution in [0.15, 0.2) is 91.0 Å². The Morgan fingerprint density at radius 3 is 1.60 bits per heavy atom. The molecule has 2 amide bonds. The minimum absolute atomic E-state index is 0.122. The summed E-state index contributed by atoms with van der Waals surface area (Å²) in [7, 11) is 0. The number of hydrogen-bond donors (Lipinski definition) is 0. The third-order valence-electron chi connectivity index (χ3n) is 9.31. The number of allylic oxidation sites excluding steroid dienone is 1.